The van der Waals surface area contributed by atoms with Gasteiger partial charge in [0.25, 0.3) is 0 Å². The quantitative estimate of drug-likeness (QED) is 0.427. The molecule has 1 aliphatic heterocycles. The van der Waals surface area contributed by atoms with Crippen molar-refractivity contribution in [2.24, 2.45) is 0 Å². The molecule has 0 radical (unpaired) electrons. The lowest BCUT2D eigenvalue weighted by Crippen LogP contribution is -2.36. The Morgan fingerprint density at radius 3 is 2.49 bits per heavy atom. The number of rotatable bonds is 6. The molecule has 0 bridgehead atoms. The van der Waals surface area contributed by atoms with Crippen molar-refractivity contribution < 1.29 is 28.2 Å². The number of carboxylic acids is 1. The van der Waals surface area contributed by atoms with E-state index < -0.39 is 29.9 Å². The topological polar surface area (TPSA) is 73.7 Å². The fourth-order valence-corrected chi connectivity index (χ4v) is 5.47. The molecule has 5 nitrogen and oxygen atoms in total. The van der Waals surface area contributed by atoms with Crippen LogP contribution in [0.15, 0.2) is 70.6 Å². The van der Waals surface area contributed by atoms with E-state index in [-0.39, 0.29) is 23.8 Å². The van der Waals surface area contributed by atoms with Crippen LogP contribution in [0.1, 0.15) is 37.3 Å². The van der Waals surface area contributed by atoms with Crippen LogP contribution in [-0.2, 0) is 11.0 Å². The monoisotopic (exact) mass is 502 g/mol. The minimum atomic E-state index is -4.56. The Hall–Kier alpha value is -3.04. The fourth-order valence-electron chi connectivity index (χ4n) is 4.25. The molecule has 1 saturated heterocycles. The summed E-state index contributed by atoms with van der Waals surface area (Å²) in [5, 5.41) is 19.4. The molecule has 2 heterocycles. The largest absolute Gasteiger partial charge is 0.480 e. The number of carboxylic acid groups (broad SMARTS) is 1. The molecule has 3 aromatic rings. The molecule has 1 aliphatic rings. The predicted octanol–water partition coefficient (Wildman–Crippen LogP) is 6.07. The maximum Gasteiger partial charge on any atom is 0.417 e. The highest BCUT2D eigenvalue weighted by Crippen LogP contribution is 2.43. The van der Waals surface area contributed by atoms with Crippen LogP contribution in [0.3, 0.4) is 0 Å². The smallest absolute Gasteiger partial charge is 0.417 e. The average molecular weight is 503 g/mol. The van der Waals surface area contributed by atoms with E-state index in [1.807, 2.05) is 38.1 Å². The molecule has 2 N–H and O–H groups in total. The highest BCUT2D eigenvalue weighted by Gasteiger charge is 2.37. The minimum absolute atomic E-state index is 0.0588. The number of aliphatic hydroxyl groups is 1. The van der Waals surface area contributed by atoms with Crippen LogP contribution in [0.5, 0.6) is 0 Å². The van der Waals surface area contributed by atoms with Gasteiger partial charge in [-0.1, -0.05) is 49.9 Å². The average Bonchev–Trinajstić information content (AvgIpc) is 3.21. The first kappa shape index (κ1) is 25.1. The van der Waals surface area contributed by atoms with E-state index in [0.717, 1.165) is 28.3 Å². The number of carbonyl (C=O) groups is 1. The standard InChI is InChI=1S/C26H25F3N2O3S/c1-15(2)19-5-3-4-6-22(19)35-23-8-7-16(11-20(23)26(27,28)29)17-9-10-30-24(12-17)31-14-18(32)13-21(31)25(33)34/h3-12,15,18,21,32H,13-14H2,1-2H3,(H,33,34)/t18-,21?/m1/s1. The molecule has 0 aliphatic carbocycles. The van der Waals surface area contributed by atoms with Crippen molar-refractivity contribution in [3.63, 3.8) is 0 Å². The predicted molar refractivity (Wildman–Crippen MR) is 129 cm³/mol. The van der Waals surface area contributed by atoms with Gasteiger partial charge in [0.05, 0.1) is 11.7 Å². The van der Waals surface area contributed by atoms with Crippen molar-refractivity contribution in [1.29, 1.82) is 0 Å². The normalized spacial score (nSPS) is 18.3. The summed E-state index contributed by atoms with van der Waals surface area (Å²) >= 11 is 1.09. The molecule has 35 heavy (non-hydrogen) atoms. The number of benzene rings is 2. The van der Waals surface area contributed by atoms with Crippen LogP contribution in [-0.4, -0.2) is 39.9 Å². The van der Waals surface area contributed by atoms with E-state index in [1.165, 1.54) is 17.2 Å². The molecular formula is C26H25F3N2O3S. The van der Waals surface area contributed by atoms with Crippen LogP contribution < -0.4 is 4.90 Å². The van der Waals surface area contributed by atoms with E-state index in [1.54, 1.807) is 18.2 Å². The summed E-state index contributed by atoms with van der Waals surface area (Å²) in [6.45, 7) is 4.09. The zero-order valence-corrected chi connectivity index (χ0v) is 20.0. The molecule has 1 unspecified atom stereocenters. The maximum atomic E-state index is 14.1. The number of hydrogen-bond donors (Lipinski definition) is 2. The highest BCUT2D eigenvalue weighted by atomic mass is 32.2. The summed E-state index contributed by atoms with van der Waals surface area (Å²) in [4.78, 5) is 18.1. The number of aliphatic hydroxyl groups excluding tert-OH is 1. The summed E-state index contributed by atoms with van der Waals surface area (Å²) in [5.41, 5.74) is 1.06. The molecule has 0 saturated carbocycles. The van der Waals surface area contributed by atoms with Crippen molar-refractivity contribution in [2.75, 3.05) is 11.4 Å². The summed E-state index contributed by atoms with van der Waals surface area (Å²) in [7, 11) is 0. The number of alkyl halides is 3. The van der Waals surface area contributed by atoms with E-state index in [4.69, 9.17) is 0 Å². The molecule has 0 spiro atoms. The summed E-state index contributed by atoms with van der Waals surface area (Å²) < 4.78 is 42.3. The van der Waals surface area contributed by atoms with E-state index >= 15 is 0 Å². The van der Waals surface area contributed by atoms with Crippen molar-refractivity contribution in [1.82, 2.24) is 4.98 Å². The number of hydrogen-bond acceptors (Lipinski definition) is 5. The first-order chi connectivity index (χ1) is 16.5. The Labute approximate surface area is 205 Å². The van der Waals surface area contributed by atoms with E-state index in [0.29, 0.717) is 16.9 Å². The third-order valence-electron chi connectivity index (χ3n) is 5.98. The van der Waals surface area contributed by atoms with Gasteiger partial charge in [-0.05, 0) is 52.9 Å². The summed E-state index contributed by atoms with van der Waals surface area (Å²) in [6.07, 6.45) is -3.88. The Balaban J connectivity index is 1.71. The van der Waals surface area contributed by atoms with E-state index in [9.17, 15) is 28.2 Å². The second-order valence-electron chi connectivity index (χ2n) is 8.80. The molecule has 9 heteroatoms. The summed E-state index contributed by atoms with van der Waals surface area (Å²) in [5.74, 6) is -0.623. The number of anilines is 1. The van der Waals surface area contributed by atoms with Crippen LogP contribution in [0.4, 0.5) is 19.0 Å². The molecule has 184 valence electrons. The first-order valence-corrected chi connectivity index (χ1v) is 12.0. The van der Waals surface area contributed by atoms with Crippen LogP contribution in [0, 0.1) is 0 Å². The Bertz CT molecular complexity index is 1230. The van der Waals surface area contributed by atoms with Gasteiger partial charge < -0.3 is 15.1 Å². The van der Waals surface area contributed by atoms with Gasteiger partial charge >= 0.3 is 12.1 Å². The van der Waals surface area contributed by atoms with Crippen molar-refractivity contribution in [2.45, 2.75) is 54.3 Å². The maximum absolute atomic E-state index is 14.1. The lowest BCUT2D eigenvalue weighted by Gasteiger charge is -2.23. The molecule has 2 aromatic carbocycles. The molecule has 0 amide bonds. The first-order valence-electron chi connectivity index (χ1n) is 11.2. The number of halogens is 3. The number of β-amino-alcohol motifs (C(OH)–C–C–N with tert-alkyl or cyclic N) is 1. The van der Waals surface area contributed by atoms with Gasteiger partial charge in [-0.2, -0.15) is 13.2 Å². The zero-order valence-electron chi connectivity index (χ0n) is 19.2. The second-order valence-corrected chi connectivity index (χ2v) is 9.89. The Morgan fingerprint density at radius 1 is 1.09 bits per heavy atom. The van der Waals surface area contributed by atoms with Crippen LogP contribution >= 0.6 is 11.8 Å². The summed E-state index contributed by atoms with van der Waals surface area (Å²) in [6, 6.07) is 13.9. The number of pyridine rings is 1. The molecule has 4 rings (SSSR count). The molecular weight excluding hydrogens is 477 g/mol. The van der Waals surface area contributed by atoms with Crippen LogP contribution in [0.2, 0.25) is 0 Å². The van der Waals surface area contributed by atoms with Gasteiger partial charge in [0.15, 0.2) is 0 Å². The van der Waals surface area contributed by atoms with E-state index in [2.05, 4.69) is 4.98 Å². The lowest BCUT2D eigenvalue weighted by atomic mass is 10.0. The van der Waals surface area contributed by atoms with Crippen molar-refractivity contribution in [3.05, 3.63) is 71.9 Å². The van der Waals surface area contributed by atoms with Gasteiger partial charge in [0.1, 0.15) is 11.9 Å². The zero-order chi connectivity index (χ0) is 25.3. The van der Waals surface area contributed by atoms with Gasteiger partial charge in [-0.25, -0.2) is 9.78 Å². The van der Waals surface area contributed by atoms with Gasteiger partial charge in [0, 0.05) is 29.0 Å². The number of nitrogens with zero attached hydrogens (tertiary/aromatic N) is 2. The fraction of sp³-hybridized carbons (Fsp3) is 0.308. The van der Waals surface area contributed by atoms with Gasteiger partial charge in [0.2, 0.25) is 0 Å². The van der Waals surface area contributed by atoms with Gasteiger partial charge in [-0.3, -0.25) is 0 Å². The number of aliphatic carboxylic acids is 1. The van der Waals surface area contributed by atoms with Gasteiger partial charge in [-0.15, -0.1) is 0 Å². The third-order valence-corrected chi connectivity index (χ3v) is 7.15. The van der Waals surface area contributed by atoms with Crippen LogP contribution in [0.25, 0.3) is 11.1 Å². The number of aromatic nitrogens is 1. The minimum Gasteiger partial charge on any atom is -0.480 e. The Morgan fingerprint density at radius 2 is 1.80 bits per heavy atom. The Kier molecular flexibility index (Phi) is 7.10. The second kappa shape index (κ2) is 9.91. The van der Waals surface area contributed by atoms with Crippen molar-refractivity contribution >= 4 is 23.5 Å². The van der Waals surface area contributed by atoms with Crippen molar-refractivity contribution in [3.8, 4) is 11.1 Å². The molecule has 2 atom stereocenters. The molecule has 1 aromatic heterocycles. The third kappa shape index (κ3) is 5.46. The lowest BCUT2D eigenvalue weighted by molar-refractivity contribution is -0.140. The highest BCUT2D eigenvalue weighted by molar-refractivity contribution is 7.99. The SMILES string of the molecule is CC(C)c1ccccc1Sc1ccc(-c2ccnc(N3C[C@H](O)CC3C(=O)O)c2)cc1C(F)(F)F. The molecule has 1 fully saturated rings.